The molecule has 0 fully saturated rings. The van der Waals surface area contributed by atoms with E-state index in [2.05, 4.69) is 4.74 Å². The molecular weight excluding hydrogens is 172 g/mol. The van der Waals surface area contributed by atoms with E-state index in [0.29, 0.717) is 12.4 Å². The molecule has 74 valence electrons. The first-order valence-corrected chi connectivity index (χ1v) is 4.14. The van der Waals surface area contributed by atoms with Crippen LogP contribution in [0.15, 0.2) is 11.8 Å². The van der Waals surface area contributed by atoms with E-state index in [9.17, 15) is 9.59 Å². The lowest BCUT2D eigenvalue weighted by Gasteiger charge is -2.01. The average molecular weight is 186 g/mol. The van der Waals surface area contributed by atoms with Gasteiger partial charge in [0.1, 0.15) is 0 Å². The number of allylic oxidation sites excluding steroid dienone is 1. The molecule has 0 aromatic rings. The van der Waals surface area contributed by atoms with Gasteiger partial charge in [-0.1, -0.05) is 0 Å². The second-order valence-electron chi connectivity index (χ2n) is 2.27. The Hall–Kier alpha value is -1.32. The number of esters is 1. The van der Waals surface area contributed by atoms with Crippen molar-refractivity contribution in [1.29, 1.82) is 0 Å². The Bertz CT molecular complexity index is 218. The summed E-state index contributed by atoms with van der Waals surface area (Å²) in [7, 11) is 0. The molecule has 4 nitrogen and oxygen atoms in total. The van der Waals surface area contributed by atoms with Gasteiger partial charge >= 0.3 is 5.97 Å². The molecule has 0 aliphatic heterocycles. The fraction of sp³-hybridized carbons (Fsp3) is 0.556. The van der Waals surface area contributed by atoms with Gasteiger partial charge < -0.3 is 9.47 Å². The lowest BCUT2D eigenvalue weighted by atomic mass is 10.3. The number of hydrogen-bond donors (Lipinski definition) is 0. The van der Waals surface area contributed by atoms with Crippen molar-refractivity contribution in [3.05, 3.63) is 11.8 Å². The maximum absolute atomic E-state index is 11.0. The van der Waals surface area contributed by atoms with E-state index in [1.165, 1.54) is 0 Å². The first kappa shape index (κ1) is 11.7. The molecule has 0 atom stereocenters. The van der Waals surface area contributed by atoms with Crippen LogP contribution in [0.25, 0.3) is 0 Å². The molecule has 0 saturated heterocycles. The molecule has 0 radical (unpaired) electrons. The summed E-state index contributed by atoms with van der Waals surface area (Å²) in [4.78, 5) is 21.8. The topological polar surface area (TPSA) is 52.6 Å². The molecule has 0 rings (SSSR count). The summed E-state index contributed by atoms with van der Waals surface area (Å²) in [5.74, 6) is -1.12. The SMILES string of the molecule is CCOC(=O)C(=O)C=C(C)OCC. The molecule has 0 heterocycles. The molecule has 0 bridgehead atoms. The quantitative estimate of drug-likeness (QED) is 0.279. The molecule has 0 aromatic heterocycles. The van der Waals surface area contributed by atoms with Gasteiger partial charge in [-0.2, -0.15) is 0 Å². The number of ketones is 1. The molecule has 0 N–H and O–H groups in total. The summed E-state index contributed by atoms with van der Waals surface area (Å²) >= 11 is 0. The second-order valence-corrected chi connectivity index (χ2v) is 2.27. The van der Waals surface area contributed by atoms with E-state index in [4.69, 9.17) is 4.74 Å². The van der Waals surface area contributed by atoms with Crippen LogP contribution in [-0.2, 0) is 19.1 Å². The number of hydrogen-bond acceptors (Lipinski definition) is 4. The number of carbonyl (C=O) groups is 2. The van der Waals surface area contributed by atoms with Gasteiger partial charge in [0.25, 0.3) is 5.78 Å². The van der Waals surface area contributed by atoms with Gasteiger partial charge in [-0.3, -0.25) is 4.79 Å². The standard InChI is InChI=1S/C9H14O4/c1-4-12-7(3)6-8(10)9(11)13-5-2/h6H,4-5H2,1-3H3. The fourth-order valence-electron chi connectivity index (χ4n) is 0.715. The van der Waals surface area contributed by atoms with Crippen molar-refractivity contribution in [2.75, 3.05) is 13.2 Å². The van der Waals surface area contributed by atoms with Crippen LogP contribution in [0.1, 0.15) is 20.8 Å². The van der Waals surface area contributed by atoms with Crippen LogP contribution in [0, 0.1) is 0 Å². The Labute approximate surface area is 77.5 Å². The van der Waals surface area contributed by atoms with Crippen LogP contribution in [0.3, 0.4) is 0 Å². The van der Waals surface area contributed by atoms with Crippen LogP contribution >= 0.6 is 0 Å². The minimum atomic E-state index is -0.846. The zero-order valence-electron chi connectivity index (χ0n) is 8.12. The summed E-state index contributed by atoms with van der Waals surface area (Å²) in [6.45, 7) is 5.72. The predicted molar refractivity (Wildman–Crippen MR) is 47.0 cm³/mol. The van der Waals surface area contributed by atoms with Gasteiger partial charge in [0, 0.05) is 6.08 Å². The van der Waals surface area contributed by atoms with Crippen molar-refractivity contribution in [1.82, 2.24) is 0 Å². The van der Waals surface area contributed by atoms with Crippen LogP contribution < -0.4 is 0 Å². The highest BCUT2D eigenvalue weighted by molar-refractivity contribution is 6.38. The van der Waals surface area contributed by atoms with Crippen molar-refractivity contribution < 1.29 is 19.1 Å². The number of ether oxygens (including phenoxy) is 2. The zero-order chi connectivity index (χ0) is 10.3. The molecule has 13 heavy (non-hydrogen) atoms. The van der Waals surface area contributed by atoms with Gasteiger partial charge in [0.2, 0.25) is 0 Å². The van der Waals surface area contributed by atoms with E-state index in [-0.39, 0.29) is 6.61 Å². The molecule has 0 aromatic carbocycles. The first-order valence-electron chi connectivity index (χ1n) is 4.14. The molecule has 0 amide bonds. The number of carbonyl (C=O) groups excluding carboxylic acids is 2. The lowest BCUT2D eigenvalue weighted by molar-refractivity contribution is -0.151. The van der Waals surface area contributed by atoms with Gasteiger partial charge in [0.15, 0.2) is 0 Å². The van der Waals surface area contributed by atoms with E-state index < -0.39 is 11.8 Å². The summed E-state index contributed by atoms with van der Waals surface area (Å²) in [5.41, 5.74) is 0. The third-order valence-corrected chi connectivity index (χ3v) is 1.18. The van der Waals surface area contributed by atoms with Gasteiger partial charge in [0.05, 0.1) is 19.0 Å². The third kappa shape index (κ3) is 5.00. The minimum absolute atomic E-state index is 0.200. The largest absolute Gasteiger partial charge is 0.498 e. The summed E-state index contributed by atoms with van der Waals surface area (Å²) < 4.78 is 9.47. The normalized spacial score (nSPS) is 10.8. The molecule has 4 heteroatoms. The second kappa shape index (κ2) is 6.22. The Morgan fingerprint density at radius 3 is 2.15 bits per heavy atom. The molecule has 0 aliphatic carbocycles. The van der Waals surface area contributed by atoms with E-state index in [1.807, 2.05) is 0 Å². The Balaban J connectivity index is 4.12. The molecular formula is C9H14O4. The Morgan fingerprint density at radius 1 is 1.15 bits per heavy atom. The zero-order valence-corrected chi connectivity index (χ0v) is 8.12. The summed E-state index contributed by atoms with van der Waals surface area (Å²) in [5, 5.41) is 0. The summed E-state index contributed by atoms with van der Waals surface area (Å²) in [6, 6.07) is 0. The lowest BCUT2D eigenvalue weighted by Crippen LogP contribution is -2.15. The summed E-state index contributed by atoms with van der Waals surface area (Å²) in [6.07, 6.45) is 1.13. The Morgan fingerprint density at radius 2 is 1.69 bits per heavy atom. The predicted octanol–water partition coefficient (Wildman–Crippen LogP) is 1.06. The highest BCUT2D eigenvalue weighted by Crippen LogP contribution is 1.96. The van der Waals surface area contributed by atoms with E-state index in [0.717, 1.165) is 6.08 Å². The fourth-order valence-corrected chi connectivity index (χ4v) is 0.715. The molecule has 0 spiro atoms. The maximum Gasteiger partial charge on any atom is 0.379 e. The van der Waals surface area contributed by atoms with Gasteiger partial charge in [-0.25, -0.2) is 4.79 Å². The van der Waals surface area contributed by atoms with Crippen LogP contribution in [0.5, 0.6) is 0 Å². The van der Waals surface area contributed by atoms with Crippen molar-refractivity contribution in [3.63, 3.8) is 0 Å². The van der Waals surface area contributed by atoms with Crippen molar-refractivity contribution in [2.24, 2.45) is 0 Å². The maximum atomic E-state index is 11.0. The van der Waals surface area contributed by atoms with Crippen molar-refractivity contribution in [3.8, 4) is 0 Å². The highest BCUT2D eigenvalue weighted by Gasteiger charge is 2.11. The number of rotatable bonds is 5. The van der Waals surface area contributed by atoms with E-state index >= 15 is 0 Å². The monoisotopic (exact) mass is 186 g/mol. The molecule has 0 saturated carbocycles. The van der Waals surface area contributed by atoms with Gasteiger partial charge in [-0.15, -0.1) is 0 Å². The minimum Gasteiger partial charge on any atom is -0.498 e. The highest BCUT2D eigenvalue weighted by atomic mass is 16.5. The van der Waals surface area contributed by atoms with Gasteiger partial charge in [-0.05, 0) is 20.8 Å². The molecule has 0 unspecified atom stereocenters. The van der Waals surface area contributed by atoms with Crippen LogP contribution in [-0.4, -0.2) is 25.0 Å². The first-order chi connectivity index (χ1) is 6.11. The third-order valence-electron chi connectivity index (χ3n) is 1.18. The van der Waals surface area contributed by atoms with Crippen LogP contribution in [0.4, 0.5) is 0 Å². The van der Waals surface area contributed by atoms with Crippen LogP contribution in [0.2, 0.25) is 0 Å². The van der Waals surface area contributed by atoms with Crippen molar-refractivity contribution in [2.45, 2.75) is 20.8 Å². The van der Waals surface area contributed by atoms with E-state index in [1.54, 1.807) is 20.8 Å². The molecule has 0 aliphatic rings. The Kier molecular flexibility index (Phi) is 5.59. The smallest absolute Gasteiger partial charge is 0.379 e. The van der Waals surface area contributed by atoms with Crippen molar-refractivity contribution >= 4 is 11.8 Å². The average Bonchev–Trinajstić information content (AvgIpc) is 2.05.